The molecule has 2 aromatic heterocycles. The van der Waals surface area contributed by atoms with E-state index in [1.807, 2.05) is 0 Å². The Balaban J connectivity index is 0.000000640. The molecule has 0 radical (unpaired) electrons. The van der Waals surface area contributed by atoms with Crippen LogP contribution in [0.5, 0.6) is 0 Å². The van der Waals surface area contributed by atoms with E-state index >= 15 is 0 Å². The predicted molar refractivity (Wildman–Crippen MR) is 103 cm³/mol. The average Bonchev–Trinajstić information content (AvgIpc) is 3.32. The van der Waals surface area contributed by atoms with Crippen LogP contribution < -0.4 is 0 Å². The molecule has 3 rings (SSSR count). The van der Waals surface area contributed by atoms with Gasteiger partial charge in [-0.05, 0) is 23.5 Å². The van der Waals surface area contributed by atoms with Gasteiger partial charge in [-0.25, -0.2) is 0 Å². The van der Waals surface area contributed by atoms with E-state index in [0.29, 0.717) is 5.89 Å². The minimum absolute atomic E-state index is 0.0153. The molecule has 0 amide bonds. The number of aromatic amines is 1. The molecular formula is C19H32N6O3. The Morgan fingerprint density at radius 3 is 2.54 bits per heavy atom. The summed E-state index contributed by atoms with van der Waals surface area (Å²) in [4.78, 5) is 15.4. The van der Waals surface area contributed by atoms with Crippen LogP contribution in [0.3, 0.4) is 0 Å². The summed E-state index contributed by atoms with van der Waals surface area (Å²) < 4.78 is 5.25. The Morgan fingerprint density at radius 1 is 1.21 bits per heavy atom. The van der Waals surface area contributed by atoms with Crippen molar-refractivity contribution in [2.24, 2.45) is 11.8 Å². The van der Waals surface area contributed by atoms with Crippen LogP contribution in [0.1, 0.15) is 90.4 Å². The van der Waals surface area contributed by atoms with Gasteiger partial charge in [0.2, 0.25) is 17.5 Å². The fourth-order valence-electron chi connectivity index (χ4n) is 3.40. The molecule has 1 unspecified atom stereocenters. The third kappa shape index (κ3) is 7.74. The number of aromatic nitrogens is 6. The van der Waals surface area contributed by atoms with Crippen molar-refractivity contribution in [3.05, 3.63) is 5.89 Å². The monoisotopic (exact) mass is 392 g/mol. The maximum atomic E-state index is 11.2. The number of hydrogen-bond acceptors (Lipinski definition) is 7. The van der Waals surface area contributed by atoms with Crippen molar-refractivity contribution in [1.29, 1.82) is 0 Å². The van der Waals surface area contributed by atoms with Crippen LogP contribution in [0.4, 0.5) is 0 Å². The van der Waals surface area contributed by atoms with Gasteiger partial charge in [0.1, 0.15) is 0 Å². The van der Waals surface area contributed by atoms with Gasteiger partial charge in [0.25, 0.3) is 0 Å². The summed E-state index contributed by atoms with van der Waals surface area (Å²) in [6, 6.07) is 0. The standard InChI is InChI=1S/C15H22N6O3.C4H10/c22-12(23)9-11(8-4-7-10-5-2-1-3-6-10)15-16-13(19-24-15)14-17-20-21-18-14;1-4(2)3/h10-11H,1-9H2,(H,22,23)(H,17,18,20,21);4H,1-3H3. The number of nitrogens with zero attached hydrogens (tertiary/aromatic N) is 5. The molecule has 9 nitrogen and oxygen atoms in total. The zero-order valence-electron chi connectivity index (χ0n) is 17.1. The maximum Gasteiger partial charge on any atom is 0.304 e. The Morgan fingerprint density at radius 2 is 1.93 bits per heavy atom. The highest BCUT2D eigenvalue weighted by atomic mass is 16.5. The third-order valence-electron chi connectivity index (χ3n) is 4.65. The van der Waals surface area contributed by atoms with Crippen molar-refractivity contribution in [3.63, 3.8) is 0 Å². The van der Waals surface area contributed by atoms with Gasteiger partial charge < -0.3 is 9.63 Å². The number of carbonyl (C=O) groups is 1. The lowest BCUT2D eigenvalue weighted by Gasteiger charge is -2.21. The first-order chi connectivity index (χ1) is 13.5. The highest BCUT2D eigenvalue weighted by Gasteiger charge is 2.24. The Bertz CT molecular complexity index is 677. The molecule has 156 valence electrons. The van der Waals surface area contributed by atoms with E-state index in [1.165, 1.54) is 32.1 Å². The first kappa shape index (κ1) is 22.0. The summed E-state index contributed by atoms with van der Waals surface area (Å²) >= 11 is 0. The van der Waals surface area contributed by atoms with Gasteiger partial charge in [-0.3, -0.25) is 4.79 Å². The van der Waals surface area contributed by atoms with E-state index in [0.717, 1.165) is 31.1 Å². The minimum atomic E-state index is -0.864. The van der Waals surface area contributed by atoms with Crippen LogP contribution in [0.25, 0.3) is 11.6 Å². The van der Waals surface area contributed by atoms with Gasteiger partial charge in [-0.2, -0.15) is 10.2 Å². The van der Waals surface area contributed by atoms with Crippen molar-refractivity contribution in [3.8, 4) is 11.6 Å². The Hall–Kier alpha value is -2.32. The van der Waals surface area contributed by atoms with Crippen LogP contribution in [0.2, 0.25) is 0 Å². The van der Waals surface area contributed by atoms with Gasteiger partial charge in [-0.15, -0.1) is 10.2 Å². The second kappa shape index (κ2) is 11.5. The molecule has 1 fully saturated rings. The summed E-state index contributed by atoms with van der Waals surface area (Å²) in [5.41, 5.74) is 0. The van der Waals surface area contributed by atoms with E-state index in [2.05, 4.69) is 51.5 Å². The fourth-order valence-corrected chi connectivity index (χ4v) is 3.40. The van der Waals surface area contributed by atoms with E-state index in [9.17, 15) is 4.79 Å². The van der Waals surface area contributed by atoms with Crippen molar-refractivity contribution >= 4 is 5.97 Å². The molecule has 1 aliphatic carbocycles. The molecule has 2 heterocycles. The molecule has 0 spiro atoms. The first-order valence-electron chi connectivity index (χ1n) is 10.2. The summed E-state index contributed by atoms with van der Waals surface area (Å²) in [6.07, 6.45) is 9.42. The van der Waals surface area contributed by atoms with Gasteiger partial charge in [0, 0.05) is 5.92 Å². The third-order valence-corrected chi connectivity index (χ3v) is 4.65. The number of nitrogens with one attached hydrogen (secondary N) is 1. The minimum Gasteiger partial charge on any atom is -0.481 e. The van der Waals surface area contributed by atoms with Crippen LogP contribution >= 0.6 is 0 Å². The molecule has 9 heteroatoms. The lowest BCUT2D eigenvalue weighted by molar-refractivity contribution is -0.137. The van der Waals surface area contributed by atoms with Gasteiger partial charge >= 0.3 is 5.97 Å². The summed E-state index contributed by atoms with van der Waals surface area (Å²) in [5.74, 6) is 1.27. The lowest BCUT2D eigenvalue weighted by atomic mass is 9.84. The number of H-pyrrole nitrogens is 1. The molecule has 1 saturated carbocycles. The second-order valence-corrected chi connectivity index (χ2v) is 8.15. The number of hydrogen-bond donors (Lipinski definition) is 2. The molecule has 1 atom stereocenters. The second-order valence-electron chi connectivity index (χ2n) is 8.15. The molecule has 28 heavy (non-hydrogen) atoms. The maximum absolute atomic E-state index is 11.2. The average molecular weight is 393 g/mol. The number of aliphatic carboxylic acids is 1. The fraction of sp³-hybridized carbons (Fsp3) is 0.789. The molecule has 0 aromatic carbocycles. The normalized spacial score (nSPS) is 15.9. The van der Waals surface area contributed by atoms with Crippen LogP contribution in [0, 0.1) is 11.8 Å². The topological polar surface area (TPSA) is 131 Å². The van der Waals surface area contributed by atoms with Gasteiger partial charge in [0.05, 0.1) is 6.42 Å². The quantitative estimate of drug-likeness (QED) is 0.682. The predicted octanol–water partition coefficient (Wildman–Crippen LogP) is 4.22. The SMILES string of the molecule is CC(C)C.O=C(O)CC(CCCC1CCCCC1)c1nc(-c2nn[nH]n2)no1. The van der Waals surface area contributed by atoms with Crippen molar-refractivity contribution < 1.29 is 14.4 Å². The van der Waals surface area contributed by atoms with Gasteiger partial charge in [0.15, 0.2) is 0 Å². The van der Waals surface area contributed by atoms with E-state index in [1.54, 1.807) is 0 Å². The Labute approximate surface area is 165 Å². The number of carboxylic acids is 1. The highest BCUT2D eigenvalue weighted by Crippen LogP contribution is 2.31. The lowest BCUT2D eigenvalue weighted by Crippen LogP contribution is -2.10. The van der Waals surface area contributed by atoms with E-state index < -0.39 is 5.97 Å². The molecular weight excluding hydrogens is 360 g/mol. The summed E-state index contributed by atoms with van der Waals surface area (Å²) in [5, 5.41) is 26.3. The molecule has 1 aliphatic rings. The molecule has 0 bridgehead atoms. The summed E-state index contributed by atoms with van der Waals surface area (Å²) in [6.45, 7) is 6.50. The zero-order valence-corrected chi connectivity index (χ0v) is 17.1. The molecule has 0 saturated heterocycles. The smallest absolute Gasteiger partial charge is 0.304 e. The van der Waals surface area contributed by atoms with Crippen LogP contribution in [-0.2, 0) is 4.79 Å². The van der Waals surface area contributed by atoms with E-state index in [-0.39, 0.29) is 24.0 Å². The first-order valence-corrected chi connectivity index (χ1v) is 10.2. The largest absolute Gasteiger partial charge is 0.481 e. The molecule has 2 aromatic rings. The molecule has 0 aliphatic heterocycles. The van der Waals surface area contributed by atoms with Crippen molar-refractivity contribution in [2.75, 3.05) is 0 Å². The van der Waals surface area contributed by atoms with Crippen LogP contribution in [0.15, 0.2) is 4.52 Å². The van der Waals surface area contributed by atoms with Crippen LogP contribution in [-0.4, -0.2) is 41.8 Å². The van der Waals surface area contributed by atoms with E-state index in [4.69, 9.17) is 9.63 Å². The van der Waals surface area contributed by atoms with Gasteiger partial charge in [-0.1, -0.05) is 70.9 Å². The Kier molecular flexibility index (Phi) is 9.03. The van der Waals surface area contributed by atoms with Crippen molar-refractivity contribution in [2.45, 2.75) is 84.5 Å². The summed E-state index contributed by atoms with van der Waals surface area (Å²) in [7, 11) is 0. The zero-order chi connectivity index (χ0) is 20.4. The highest BCUT2D eigenvalue weighted by molar-refractivity contribution is 5.67. The number of rotatable bonds is 8. The molecule has 2 N–H and O–H groups in total. The van der Waals surface area contributed by atoms with Crippen molar-refractivity contribution in [1.82, 2.24) is 30.8 Å². The number of tetrazole rings is 1. The number of carboxylic acid groups (broad SMARTS) is 1.